The number of unbranched alkanes of at least 4 members (excludes halogenated alkanes) is 2. The highest BCUT2D eigenvalue weighted by atomic mass is 32.2. The van der Waals surface area contributed by atoms with Gasteiger partial charge >= 0.3 is 5.97 Å². The van der Waals surface area contributed by atoms with Gasteiger partial charge in [-0.1, -0.05) is 68.3 Å². The number of aliphatic carboxylic acids is 1. The molecule has 4 heterocycles. The number of aliphatic hydroxyl groups excluding tert-OH is 2. The van der Waals surface area contributed by atoms with Gasteiger partial charge in [-0.05, 0) is 67.7 Å². The molecule has 2 aromatic rings. The summed E-state index contributed by atoms with van der Waals surface area (Å²) in [5, 5.41) is 50.2. The molecule has 0 aliphatic carbocycles. The highest BCUT2D eigenvalue weighted by Gasteiger charge is 2.45. The molecule has 560 valence electrons. The highest BCUT2D eigenvalue weighted by molar-refractivity contribution is 7.99. The van der Waals surface area contributed by atoms with Gasteiger partial charge in [0, 0.05) is 126 Å². The van der Waals surface area contributed by atoms with E-state index >= 15 is 0 Å². The second kappa shape index (κ2) is 43.1. The number of thioether (sulfide) groups is 3. The lowest BCUT2D eigenvalue weighted by atomic mass is 10.0. The van der Waals surface area contributed by atoms with Gasteiger partial charge in [0.1, 0.15) is 36.4 Å². The molecule has 31 nitrogen and oxygen atoms in total. The van der Waals surface area contributed by atoms with Crippen molar-refractivity contribution in [2.75, 3.05) is 115 Å². The zero-order chi connectivity index (χ0) is 73.5. The summed E-state index contributed by atoms with van der Waals surface area (Å²) < 4.78 is 0. The third-order valence-electron chi connectivity index (χ3n) is 17.9. The minimum absolute atomic E-state index is 0.00742. The Hall–Kier alpha value is -7.15. The van der Waals surface area contributed by atoms with E-state index in [1.165, 1.54) is 30.4 Å². The number of nitrogens with two attached hydrogens (primary N) is 4. The monoisotopic (exact) mass is 1470 g/mol. The maximum atomic E-state index is 14.9. The maximum Gasteiger partial charge on any atom is 0.327 e. The molecule has 0 saturated carbocycles. The average molecular weight is 1470 g/mol. The third-order valence-corrected chi connectivity index (χ3v) is 21.1. The fourth-order valence-electron chi connectivity index (χ4n) is 12.7. The molecule has 0 aromatic heterocycles. The van der Waals surface area contributed by atoms with E-state index in [1.54, 1.807) is 51.9 Å². The molecular formula is C67H104N16O15S3. The molecule has 4 aliphatic heterocycles. The Morgan fingerprint density at radius 3 is 1.76 bits per heavy atom. The normalized spacial score (nSPS) is 24.3. The number of hydrogen-bond acceptors (Lipinski definition) is 22. The first-order valence-electron chi connectivity index (χ1n) is 34.6. The first-order chi connectivity index (χ1) is 48.3. The Kier molecular flexibility index (Phi) is 35.3. The summed E-state index contributed by atoms with van der Waals surface area (Å²) in [6.07, 6.45) is 0.182. The Morgan fingerprint density at radius 1 is 0.634 bits per heavy atom. The number of fused-ring (bicyclic) bond motifs is 4. The van der Waals surface area contributed by atoms with E-state index < -0.39 is 120 Å². The summed E-state index contributed by atoms with van der Waals surface area (Å²) in [6, 6.07) is 5.50. The second-order valence-corrected chi connectivity index (χ2v) is 29.3. The van der Waals surface area contributed by atoms with Gasteiger partial charge in [0.25, 0.3) is 0 Å². The van der Waals surface area contributed by atoms with Gasteiger partial charge in [-0.25, -0.2) is 4.79 Å². The third kappa shape index (κ3) is 28.9. The van der Waals surface area contributed by atoms with Crippen LogP contribution in [0.4, 0.5) is 0 Å². The van der Waals surface area contributed by atoms with Crippen LogP contribution in [0.25, 0.3) is 0 Å². The van der Waals surface area contributed by atoms with E-state index in [9.17, 15) is 72.9 Å². The van der Waals surface area contributed by atoms with Crippen LogP contribution in [-0.4, -0.2) is 286 Å². The lowest BCUT2D eigenvalue weighted by molar-refractivity contribution is -0.145. The molecule has 9 atom stereocenters. The fourth-order valence-corrected chi connectivity index (χ4v) is 15.4. The van der Waals surface area contributed by atoms with Crippen molar-refractivity contribution in [3.63, 3.8) is 0 Å². The topological polar surface area (TPSA) is 461 Å². The number of nitrogens with zero attached hydrogens (tertiary/aromatic N) is 6. The summed E-state index contributed by atoms with van der Waals surface area (Å²) in [7, 11) is 0. The summed E-state index contributed by atoms with van der Waals surface area (Å²) >= 11 is 4.19. The van der Waals surface area contributed by atoms with Gasteiger partial charge in [0.2, 0.25) is 65.0 Å². The van der Waals surface area contributed by atoms with Crippen molar-refractivity contribution in [2.45, 2.75) is 156 Å². The minimum atomic E-state index is -1.68. The Bertz CT molecular complexity index is 3100. The number of hydrogen-bond donors (Lipinski definition) is 13. The van der Waals surface area contributed by atoms with Gasteiger partial charge in [-0.3, -0.25) is 77.2 Å². The first kappa shape index (κ1) is 82.8. The van der Waals surface area contributed by atoms with Gasteiger partial charge in [-0.2, -0.15) is 35.3 Å². The van der Waals surface area contributed by atoms with E-state index in [2.05, 4.69) is 31.9 Å². The molecule has 11 amide bonds. The number of carbonyl (C=O) groups is 12. The molecule has 6 rings (SSSR count). The van der Waals surface area contributed by atoms with Crippen LogP contribution in [-0.2, 0) is 81.2 Å². The molecule has 34 heteroatoms. The number of benzene rings is 2. The van der Waals surface area contributed by atoms with E-state index in [-0.39, 0.29) is 94.0 Å². The van der Waals surface area contributed by atoms with Crippen molar-refractivity contribution in [1.29, 1.82) is 0 Å². The lowest BCUT2D eigenvalue weighted by Crippen LogP contribution is -2.62. The molecule has 101 heavy (non-hydrogen) atoms. The Morgan fingerprint density at radius 2 is 1.20 bits per heavy atom. The molecule has 17 N–H and O–H groups in total. The van der Waals surface area contributed by atoms with Crippen LogP contribution in [0.2, 0.25) is 0 Å². The Labute approximate surface area is 602 Å². The van der Waals surface area contributed by atoms with Gasteiger partial charge in [0.05, 0.1) is 44.4 Å². The van der Waals surface area contributed by atoms with Crippen LogP contribution < -0.4 is 54.8 Å². The van der Waals surface area contributed by atoms with Crippen molar-refractivity contribution in [2.24, 2.45) is 22.9 Å². The van der Waals surface area contributed by atoms with Gasteiger partial charge < -0.3 is 75.1 Å². The minimum Gasteiger partial charge on any atom is -0.480 e. The van der Waals surface area contributed by atoms with Gasteiger partial charge in [0.15, 0.2) is 0 Å². The zero-order valence-corrected chi connectivity index (χ0v) is 60.3. The molecule has 2 aromatic carbocycles. The van der Waals surface area contributed by atoms with E-state index in [4.69, 9.17) is 22.9 Å². The largest absolute Gasteiger partial charge is 0.480 e. The molecule has 3 saturated heterocycles. The predicted octanol–water partition coefficient (Wildman–Crippen LogP) is -3.05. The number of nitrogens with one attached hydrogen (secondary N) is 6. The molecule has 0 radical (unpaired) electrons. The number of aliphatic hydroxyl groups is 2. The number of carboxylic acids is 1. The van der Waals surface area contributed by atoms with E-state index in [0.717, 1.165) is 29.5 Å². The molecule has 4 aliphatic rings. The van der Waals surface area contributed by atoms with Gasteiger partial charge in [-0.15, -0.1) is 0 Å². The lowest BCUT2D eigenvalue weighted by Gasteiger charge is -2.38. The summed E-state index contributed by atoms with van der Waals surface area (Å²) in [6.45, 7) is 7.01. The molecule has 3 fully saturated rings. The van der Waals surface area contributed by atoms with Crippen molar-refractivity contribution in [3.8, 4) is 0 Å². The second-order valence-electron chi connectivity index (χ2n) is 26.2. The molecular weight excluding hydrogens is 1370 g/mol. The van der Waals surface area contributed by atoms with Crippen molar-refractivity contribution in [3.05, 3.63) is 70.8 Å². The van der Waals surface area contributed by atoms with Crippen LogP contribution >= 0.6 is 35.3 Å². The fraction of sp³-hybridized carbons (Fsp3) is 0.642. The van der Waals surface area contributed by atoms with Crippen molar-refractivity contribution >= 4 is 106 Å². The molecule has 2 unspecified atom stereocenters. The molecule has 0 spiro atoms. The van der Waals surface area contributed by atoms with E-state index in [1.807, 2.05) is 44.7 Å². The Balaban J connectivity index is 1.26. The number of rotatable bonds is 25. The van der Waals surface area contributed by atoms with Crippen molar-refractivity contribution < 1.29 is 72.9 Å². The SMILES string of the molecule is CCCCCC(=O)N[C@H]1CSCc2cc(CSCCNC(=O)CN3CCN(CC(N)=O)CCN(CC(N)=O)CCN(CC(N)=O)CC3)cc(c2)CSCC(C(=O)O)NC(=O)[C@H](Cc2ccccc2)NC(=O)[C@H](CCC(N)=O)NC(=O)[C@H]([C@@H](C)O)NC(=O)[C@@H]2CCCN2C(O)[C@@H]2CCCN2C1=O. The van der Waals surface area contributed by atoms with Crippen LogP contribution in [0.5, 0.6) is 0 Å². The van der Waals surface area contributed by atoms with Crippen LogP contribution in [0.1, 0.15) is 100 Å². The van der Waals surface area contributed by atoms with Crippen LogP contribution in [0.15, 0.2) is 48.5 Å². The van der Waals surface area contributed by atoms with Crippen LogP contribution in [0.3, 0.4) is 0 Å². The number of carboxylic acid groups (broad SMARTS) is 1. The van der Waals surface area contributed by atoms with Crippen molar-refractivity contribution in [1.82, 2.24) is 61.3 Å². The van der Waals surface area contributed by atoms with E-state index in [0.29, 0.717) is 107 Å². The number of primary amides is 4. The number of amides is 11. The first-order valence-corrected chi connectivity index (χ1v) is 38.1. The maximum absolute atomic E-state index is 14.9. The number of carbonyl (C=O) groups excluding carboxylic acids is 11. The standard InChI is InChI=1S/C67H104N16O15S3/c1-3-4-6-15-58(89)73-50-41-100-39-46-30-45(38-99-29-18-72-59(90)37-81-27-25-79(35-56(70)87)23-21-78(34-55(69)86)22-24-80(26-28-81)36-57(71)88)31-47(32-46)40-101-42-51(67(97)98)76-62(92)49(33-44-11-7-5-8-12-44)75-61(91)48(16-17-54(68)85)74-64(94)60(43(2)84)77-63(93)52-13-9-19-82(52)66(96)53-14-10-20-83(53)65(50)95/h5,7-8,11-12,30-32,43,48-53,60,66,84,96H,3-4,6,9-10,13-29,33-42H2,1-2H3,(H2,68,85)(H2,69,86)(H2,70,87)(H2,71,88)(H,72,90)(H,73,89)(H,74,94)(H,75,91)(H,76,92)(H,77,93)(H,97,98)/t43-,48+,49+,50+,51?,52+,53+,60+,66?/m1/s1. The summed E-state index contributed by atoms with van der Waals surface area (Å²) in [5.74, 6) is -6.76. The smallest absolute Gasteiger partial charge is 0.327 e. The predicted molar refractivity (Wildman–Crippen MR) is 383 cm³/mol. The summed E-state index contributed by atoms with van der Waals surface area (Å²) in [5.41, 5.74) is 25.4. The average Bonchev–Trinajstić information content (AvgIpc) is 1.72. The highest BCUT2D eigenvalue weighted by Crippen LogP contribution is 2.30. The van der Waals surface area contributed by atoms with Crippen LogP contribution in [0, 0.1) is 0 Å². The molecule has 2 bridgehead atoms. The zero-order valence-electron chi connectivity index (χ0n) is 57.9. The quantitative estimate of drug-likeness (QED) is 0.0439. The summed E-state index contributed by atoms with van der Waals surface area (Å²) in [4.78, 5) is 171.